The van der Waals surface area contributed by atoms with E-state index in [9.17, 15) is 0 Å². The molecule has 0 saturated heterocycles. The molecule has 3 aromatic rings. The molecule has 1 aromatic heterocycles. The Kier molecular flexibility index (Phi) is 3.09. The van der Waals surface area contributed by atoms with Crippen LogP contribution in [0.3, 0.4) is 0 Å². The molecule has 0 aliphatic rings. The predicted molar refractivity (Wildman–Crippen MR) is 78.1 cm³/mol. The Labute approximate surface area is 120 Å². The summed E-state index contributed by atoms with van der Waals surface area (Å²) in [6, 6.07) is 11.2. The van der Waals surface area contributed by atoms with Gasteiger partial charge >= 0.3 is 0 Å². The molecule has 0 amide bonds. The van der Waals surface area contributed by atoms with Crippen molar-refractivity contribution < 1.29 is 4.74 Å². The maximum Gasteiger partial charge on any atom is 0.138 e. The minimum absolute atomic E-state index is 0.498. The van der Waals surface area contributed by atoms with Crippen molar-refractivity contribution in [3.05, 3.63) is 46.4 Å². The number of H-pyrrole nitrogens is 1. The lowest BCUT2D eigenvalue weighted by atomic mass is 10.2. The van der Waals surface area contributed by atoms with E-state index in [2.05, 4.69) is 9.97 Å². The van der Waals surface area contributed by atoms with Crippen molar-refractivity contribution in [2.75, 3.05) is 7.11 Å². The first-order valence-electron chi connectivity index (χ1n) is 5.66. The van der Waals surface area contributed by atoms with Gasteiger partial charge in [0.15, 0.2) is 0 Å². The average molecular weight is 293 g/mol. The fraction of sp³-hybridized carbons (Fsp3) is 0.0714. The lowest BCUT2D eigenvalue weighted by Crippen LogP contribution is -1.84. The van der Waals surface area contributed by atoms with E-state index in [4.69, 9.17) is 27.9 Å². The second-order valence-corrected chi connectivity index (χ2v) is 4.92. The minimum Gasteiger partial charge on any atom is -0.497 e. The molecule has 0 aliphatic carbocycles. The summed E-state index contributed by atoms with van der Waals surface area (Å²) >= 11 is 12.0. The topological polar surface area (TPSA) is 37.9 Å². The van der Waals surface area contributed by atoms with E-state index in [0.29, 0.717) is 10.0 Å². The molecule has 3 nitrogen and oxygen atoms in total. The zero-order valence-corrected chi connectivity index (χ0v) is 11.6. The molecule has 0 bridgehead atoms. The maximum atomic E-state index is 5.99. The van der Waals surface area contributed by atoms with Crippen molar-refractivity contribution >= 4 is 34.2 Å². The highest BCUT2D eigenvalue weighted by atomic mass is 35.5. The summed E-state index contributed by atoms with van der Waals surface area (Å²) in [6.45, 7) is 0. The fourth-order valence-corrected chi connectivity index (χ4v) is 2.23. The van der Waals surface area contributed by atoms with Gasteiger partial charge in [0, 0.05) is 5.56 Å². The molecule has 0 unspecified atom stereocenters. The molecule has 0 aliphatic heterocycles. The number of rotatable bonds is 2. The molecular weight excluding hydrogens is 283 g/mol. The van der Waals surface area contributed by atoms with Gasteiger partial charge in [-0.2, -0.15) is 0 Å². The smallest absolute Gasteiger partial charge is 0.138 e. The molecule has 19 heavy (non-hydrogen) atoms. The lowest BCUT2D eigenvalue weighted by Gasteiger charge is -2.01. The van der Waals surface area contributed by atoms with Crippen molar-refractivity contribution in [1.82, 2.24) is 9.97 Å². The number of ether oxygens (including phenoxy) is 1. The number of aromatic amines is 1. The number of halogens is 2. The normalized spacial score (nSPS) is 10.9. The van der Waals surface area contributed by atoms with E-state index in [1.807, 2.05) is 24.3 Å². The number of hydrogen-bond acceptors (Lipinski definition) is 2. The molecule has 0 radical (unpaired) electrons. The molecular formula is C14H10Cl2N2O. The van der Waals surface area contributed by atoms with Crippen LogP contribution in [0.4, 0.5) is 0 Å². The van der Waals surface area contributed by atoms with Crippen molar-refractivity contribution in [2.24, 2.45) is 0 Å². The largest absolute Gasteiger partial charge is 0.497 e. The Balaban J connectivity index is 2.14. The predicted octanol–water partition coefficient (Wildman–Crippen LogP) is 4.55. The van der Waals surface area contributed by atoms with E-state index in [1.54, 1.807) is 19.2 Å². The van der Waals surface area contributed by atoms with Crippen LogP contribution in [0.2, 0.25) is 10.0 Å². The summed E-state index contributed by atoms with van der Waals surface area (Å²) in [5.74, 6) is 1.54. The molecule has 2 aromatic carbocycles. The summed E-state index contributed by atoms with van der Waals surface area (Å²) in [5.41, 5.74) is 2.59. The highest BCUT2D eigenvalue weighted by Crippen LogP contribution is 2.29. The van der Waals surface area contributed by atoms with Crippen LogP contribution in [-0.2, 0) is 0 Å². The van der Waals surface area contributed by atoms with E-state index < -0.39 is 0 Å². The summed E-state index contributed by atoms with van der Waals surface area (Å²) in [4.78, 5) is 7.73. The SMILES string of the molecule is COc1cccc(-c2nc3cc(Cl)c(Cl)cc3[nH]2)c1. The van der Waals surface area contributed by atoms with Crippen LogP contribution in [0.15, 0.2) is 36.4 Å². The number of imidazole rings is 1. The van der Waals surface area contributed by atoms with Gasteiger partial charge in [-0.15, -0.1) is 0 Å². The average Bonchev–Trinajstić information content (AvgIpc) is 2.82. The Morgan fingerprint density at radius 1 is 1.11 bits per heavy atom. The number of aromatic nitrogens is 2. The van der Waals surface area contributed by atoms with Crippen molar-refractivity contribution in [3.63, 3.8) is 0 Å². The number of benzene rings is 2. The van der Waals surface area contributed by atoms with Crippen LogP contribution in [0.1, 0.15) is 0 Å². The standard InChI is InChI=1S/C14H10Cl2N2O/c1-19-9-4-2-3-8(5-9)14-17-12-6-10(15)11(16)7-13(12)18-14/h2-7H,1H3,(H,17,18). The summed E-state index contributed by atoms with van der Waals surface area (Å²) in [6.07, 6.45) is 0. The first kappa shape index (κ1) is 12.3. The Bertz CT molecular complexity index is 713. The molecule has 0 spiro atoms. The summed E-state index contributed by atoms with van der Waals surface area (Å²) < 4.78 is 5.20. The van der Waals surface area contributed by atoms with Crippen LogP contribution in [0, 0.1) is 0 Å². The van der Waals surface area contributed by atoms with Crippen LogP contribution in [-0.4, -0.2) is 17.1 Å². The number of hydrogen-bond donors (Lipinski definition) is 1. The van der Waals surface area contributed by atoms with Gasteiger partial charge in [0.2, 0.25) is 0 Å². The zero-order chi connectivity index (χ0) is 13.4. The number of methoxy groups -OCH3 is 1. The molecule has 0 atom stereocenters. The van der Waals surface area contributed by atoms with Crippen LogP contribution in [0.5, 0.6) is 5.75 Å². The van der Waals surface area contributed by atoms with Gasteiger partial charge in [-0.05, 0) is 24.3 Å². The third kappa shape index (κ3) is 2.27. The monoisotopic (exact) mass is 292 g/mol. The third-order valence-electron chi connectivity index (χ3n) is 2.87. The van der Waals surface area contributed by atoms with Crippen molar-refractivity contribution in [2.45, 2.75) is 0 Å². The molecule has 96 valence electrons. The zero-order valence-electron chi connectivity index (χ0n) is 10.1. The molecule has 1 N–H and O–H groups in total. The molecule has 1 heterocycles. The van der Waals surface area contributed by atoms with Crippen LogP contribution < -0.4 is 4.74 Å². The van der Waals surface area contributed by atoms with E-state index >= 15 is 0 Å². The molecule has 3 rings (SSSR count). The third-order valence-corrected chi connectivity index (χ3v) is 3.59. The fourth-order valence-electron chi connectivity index (χ4n) is 1.91. The van der Waals surface area contributed by atoms with E-state index in [-0.39, 0.29) is 0 Å². The highest BCUT2D eigenvalue weighted by Gasteiger charge is 2.08. The Hall–Kier alpha value is -1.71. The van der Waals surface area contributed by atoms with Crippen LogP contribution >= 0.6 is 23.2 Å². The Morgan fingerprint density at radius 3 is 2.68 bits per heavy atom. The highest BCUT2D eigenvalue weighted by molar-refractivity contribution is 6.42. The quantitative estimate of drug-likeness (QED) is 0.753. The summed E-state index contributed by atoms with van der Waals surface area (Å²) in [7, 11) is 1.64. The van der Waals surface area contributed by atoms with Gasteiger partial charge in [-0.1, -0.05) is 35.3 Å². The van der Waals surface area contributed by atoms with Crippen molar-refractivity contribution in [1.29, 1.82) is 0 Å². The number of nitrogens with one attached hydrogen (secondary N) is 1. The van der Waals surface area contributed by atoms with Gasteiger partial charge in [-0.25, -0.2) is 4.98 Å². The second kappa shape index (κ2) is 4.76. The number of nitrogens with zero attached hydrogens (tertiary/aromatic N) is 1. The summed E-state index contributed by atoms with van der Waals surface area (Å²) in [5, 5.41) is 1.01. The molecule has 5 heteroatoms. The Morgan fingerprint density at radius 2 is 1.89 bits per heavy atom. The minimum atomic E-state index is 0.498. The van der Waals surface area contributed by atoms with Crippen LogP contribution in [0.25, 0.3) is 22.4 Å². The number of fused-ring (bicyclic) bond motifs is 1. The van der Waals surface area contributed by atoms with Gasteiger partial charge in [0.05, 0.1) is 28.2 Å². The van der Waals surface area contributed by atoms with Crippen molar-refractivity contribution in [3.8, 4) is 17.1 Å². The van der Waals surface area contributed by atoms with Gasteiger partial charge in [0.1, 0.15) is 11.6 Å². The first-order valence-corrected chi connectivity index (χ1v) is 6.42. The maximum absolute atomic E-state index is 5.99. The second-order valence-electron chi connectivity index (χ2n) is 4.10. The first-order chi connectivity index (χ1) is 9.17. The molecule has 0 fully saturated rings. The lowest BCUT2D eigenvalue weighted by molar-refractivity contribution is 0.415. The van der Waals surface area contributed by atoms with E-state index in [0.717, 1.165) is 28.2 Å². The van der Waals surface area contributed by atoms with Gasteiger partial charge in [-0.3, -0.25) is 0 Å². The molecule has 0 saturated carbocycles. The van der Waals surface area contributed by atoms with E-state index in [1.165, 1.54) is 0 Å². The van der Waals surface area contributed by atoms with Gasteiger partial charge < -0.3 is 9.72 Å². The van der Waals surface area contributed by atoms with Gasteiger partial charge in [0.25, 0.3) is 0 Å².